The molecule has 0 saturated carbocycles. The Morgan fingerprint density at radius 1 is 1.10 bits per heavy atom. The third-order valence-electron chi connectivity index (χ3n) is 3.10. The van der Waals surface area contributed by atoms with Crippen molar-refractivity contribution in [2.75, 3.05) is 5.32 Å². The molecule has 3 aromatic rings. The van der Waals surface area contributed by atoms with Crippen LogP contribution in [-0.4, -0.2) is 10.1 Å². The fraction of sp³-hybridized carbons (Fsp3) is 0.0625. The molecule has 0 aliphatic heterocycles. The zero-order chi connectivity index (χ0) is 13.9. The zero-order valence-corrected chi connectivity index (χ0v) is 12.3. The summed E-state index contributed by atoms with van der Waals surface area (Å²) in [6.07, 6.45) is 1.80. The summed E-state index contributed by atoms with van der Waals surface area (Å²) in [5.41, 5.74) is 3.06. The van der Waals surface area contributed by atoms with Crippen LogP contribution in [0.3, 0.4) is 0 Å². The first-order valence-electron chi connectivity index (χ1n) is 6.28. The van der Waals surface area contributed by atoms with Gasteiger partial charge < -0.3 is 10.4 Å². The van der Waals surface area contributed by atoms with E-state index in [0.29, 0.717) is 6.54 Å². The highest BCUT2D eigenvalue weighted by Crippen LogP contribution is 2.24. The van der Waals surface area contributed by atoms with Crippen LogP contribution in [0.2, 0.25) is 0 Å². The Labute approximate surface area is 125 Å². The van der Waals surface area contributed by atoms with Gasteiger partial charge in [0.15, 0.2) is 0 Å². The molecular formula is C16H13BrN2O. The number of para-hydroxylation sites is 1. The highest BCUT2D eigenvalue weighted by atomic mass is 79.9. The number of phenolic OH excluding ortho intramolecular Hbond substituents is 1. The van der Waals surface area contributed by atoms with Crippen molar-refractivity contribution in [1.82, 2.24) is 4.98 Å². The van der Waals surface area contributed by atoms with Crippen molar-refractivity contribution < 1.29 is 5.11 Å². The predicted octanol–water partition coefficient (Wildman–Crippen LogP) is 4.32. The average Bonchev–Trinajstić information content (AvgIpc) is 2.46. The average molecular weight is 329 g/mol. The predicted molar refractivity (Wildman–Crippen MR) is 84.9 cm³/mol. The summed E-state index contributed by atoms with van der Waals surface area (Å²) in [7, 11) is 0. The Morgan fingerprint density at radius 2 is 1.90 bits per heavy atom. The second kappa shape index (κ2) is 5.51. The van der Waals surface area contributed by atoms with Gasteiger partial charge in [-0.3, -0.25) is 4.98 Å². The third-order valence-corrected chi connectivity index (χ3v) is 3.53. The Bertz CT molecular complexity index is 741. The molecule has 2 aromatic carbocycles. The zero-order valence-electron chi connectivity index (χ0n) is 10.7. The number of rotatable bonds is 3. The molecule has 0 atom stereocenters. The molecule has 1 heterocycles. The minimum atomic E-state index is 0.283. The minimum absolute atomic E-state index is 0.283. The molecule has 0 unspecified atom stereocenters. The smallest absolute Gasteiger partial charge is 0.115 e. The largest absolute Gasteiger partial charge is 0.508 e. The van der Waals surface area contributed by atoms with E-state index in [1.807, 2.05) is 36.4 Å². The van der Waals surface area contributed by atoms with E-state index in [1.54, 1.807) is 18.3 Å². The number of phenols is 1. The summed E-state index contributed by atoms with van der Waals surface area (Å²) in [6, 6.07) is 15.3. The van der Waals surface area contributed by atoms with Gasteiger partial charge in [0.05, 0.1) is 11.2 Å². The second-order valence-corrected chi connectivity index (χ2v) is 5.47. The maximum absolute atomic E-state index is 9.27. The van der Waals surface area contributed by atoms with Crippen LogP contribution < -0.4 is 5.32 Å². The van der Waals surface area contributed by atoms with Crippen LogP contribution in [0.1, 0.15) is 5.56 Å². The number of halogens is 1. The molecule has 0 radical (unpaired) electrons. The lowest BCUT2D eigenvalue weighted by atomic mass is 10.1. The summed E-state index contributed by atoms with van der Waals surface area (Å²) in [4.78, 5) is 4.46. The summed E-state index contributed by atoms with van der Waals surface area (Å²) in [6.45, 7) is 0.692. The van der Waals surface area contributed by atoms with Crippen LogP contribution in [-0.2, 0) is 6.54 Å². The summed E-state index contributed by atoms with van der Waals surface area (Å²) in [5, 5.41) is 13.8. The highest BCUT2D eigenvalue weighted by molar-refractivity contribution is 9.10. The van der Waals surface area contributed by atoms with Crippen LogP contribution in [0.5, 0.6) is 5.75 Å². The molecule has 20 heavy (non-hydrogen) atoms. The number of fused-ring (bicyclic) bond motifs is 1. The molecule has 0 spiro atoms. The van der Waals surface area contributed by atoms with Gasteiger partial charge in [0.25, 0.3) is 0 Å². The summed E-state index contributed by atoms with van der Waals surface area (Å²) in [5.74, 6) is 0.283. The second-order valence-electron chi connectivity index (χ2n) is 4.55. The normalized spacial score (nSPS) is 10.7. The monoisotopic (exact) mass is 328 g/mol. The number of pyridine rings is 1. The fourth-order valence-corrected chi connectivity index (χ4v) is 2.44. The number of aromatic nitrogens is 1. The van der Waals surface area contributed by atoms with E-state index in [2.05, 4.69) is 26.2 Å². The number of nitrogens with zero attached hydrogens (tertiary/aromatic N) is 1. The Kier molecular flexibility index (Phi) is 3.56. The maximum Gasteiger partial charge on any atom is 0.115 e. The van der Waals surface area contributed by atoms with Crippen LogP contribution in [0.25, 0.3) is 10.9 Å². The van der Waals surface area contributed by atoms with E-state index in [1.165, 1.54) is 0 Å². The molecule has 0 amide bonds. The van der Waals surface area contributed by atoms with Crippen molar-refractivity contribution in [2.45, 2.75) is 6.54 Å². The van der Waals surface area contributed by atoms with Gasteiger partial charge in [0.1, 0.15) is 5.75 Å². The molecule has 3 rings (SSSR count). The Balaban J connectivity index is 1.85. The molecule has 0 aliphatic carbocycles. The Morgan fingerprint density at radius 3 is 2.70 bits per heavy atom. The van der Waals surface area contributed by atoms with E-state index in [4.69, 9.17) is 0 Å². The number of aromatic hydroxyl groups is 1. The van der Waals surface area contributed by atoms with Crippen molar-refractivity contribution in [3.05, 3.63) is 64.8 Å². The van der Waals surface area contributed by atoms with E-state index >= 15 is 0 Å². The first-order valence-corrected chi connectivity index (χ1v) is 7.08. The lowest BCUT2D eigenvalue weighted by Crippen LogP contribution is -2.00. The van der Waals surface area contributed by atoms with Crippen LogP contribution in [0.4, 0.5) is 5.69 Å². The molecular weight excluding hydrogens is 316 g/mol. The van der Waals surface area contributed by atoms with Gasteiger partial charge in [-0.1, -0.05) is 24.3 Å². The fourth-order valence-electron chi connectivity index (χ4n) is 2.09. The lowest BCUT2D eigenvalue weighted by molar-refractivity contribution is 0.475. The van der Waals surface area contributed by atoms with Crippen molar-refractivity contribution in [1.29, 1.82) is 0 Å². The number of hydrogen-bond donors (Lipinski definition) is 2. The van der Waals surface area contributed by atoms with Gasteiger partial charge in [0.2, 0.25) is 0 Å². The number of anilines is 1. The van der Waals surface area contributed by atoms with E-state index < -0.39 is 0 Å². The maximum atomic E-state index is 9.27. The van der Waals surface area contributed by atoms with Gasteiger partial charge in [-0.2, -0.15) is 0 Å². The first-order chi connectivity index (χ1) is 9.72. The number of hydrogen-bond acceptors (Lipinski definition) is 3. The third kappa shape index (κ3) is 2.75. The van der Waals surface area contributed by atoms with Crippen LogP contribution in [0, 0.1) is 0 Å². The molecule has 3 nitrogen and oxygen atoms in total. The van der Waals surface area contributed by atoms with Gasteiger partial charge in [0, 0.05) is 22.6 Å². The van der Waals surface area contributed by atoms with E-state index in [9.17, 15) is 5.11 Å². The van der Waals surface area contributed by atoms with Gasteiger partial charge in [-0.25, -0.2) is 0 Å². The standard InChI is InChI=1S/C16H13BrN2O/c17-13-8-12-2-1-3-15(16(12)19-10-13)18-9-11-4-6-14(20)7-5-11/h1-8,10,18,20H,9H2. The molecule has 4 heteroatoms. The van der Waals surface area contributed by atoms with Crippen molar-refractivity contribution in [2.24, 2.45) is 0 Å². The van der Waals surface area contributed by atoms with Gasteiger partial charge in [-0.05, 0) is 45.8 Å². The van der Waals surface area contributed by atoms with Crippen molar-refractivity contribution in [3.8, 4) is 5.75 Å². The number of benzene rings is 2. The molecule has 1 aromatic heterocycles. The Hall–Kier alpha value is -2.07. The highest BCUT2D eigenvalue weighted by Gasteiger charge is 2.02. The molecule has 0 fully saturated rings. The molecule has 100 valence electrons. The van der Waals surface area contributed by atoms with E-state index in [-0.39, 0.29) is 5.75 Å². The van der Waals surface area contributed by atoms with Crippen molar-refractivity contribution in [3.63, 3.8) is 0 Å². The topological polar surface area (TPSA) is 45.1 Å². The van der Waals surface area contributed by atoms with Crippen molar-refractivity contribution >= 4 is 32.5 Å². The van der Waals surface area contributed by atoms with Gasteiger partial charge in [-0.15, -0.1) is 0 Å². The molecule has 0 aliphatic rings. The summed E-state index contributed by atoms with van der Waals surface area (Å²) < 4.78 is 0.973. The van der Waals surface area contributed by atoms with Gasteiger partial charge >= 0.3 is 0 Å². The lowest BCUT2D eigenvalue weighted by Gasteiger charge is -2.09. The summed E-state index contributed by atoms with van der Waals surface area (Å²) >= 11 is 3.43. The molecule has 2 N–H and O–H groups in total. The first kappa shape index (κ1) is 12.9. The minimum Gasteiger partial charge on any atom is -0.508 e. The quantitative estimate of drug-likeness (QED) is 0.752. The SMILES string of the molecule is Oc1ccc(CNc2cccc3cc(Br)cnc23)cc1. The molecule has 0 saturated heterocycles. The van der Waals surface area contributed by atoms with Crippen LogP contribution in [0.15, 0.2) is 59.2 Å². The van der Waals surface area contributed by atoms with Crippen LogP contribution >= 0.6 is 15.9 Å². The number of nitrogens with one attached hydrogen (secondary N) is 1. The van der Waals surface area contributed by atoms with E-state index in [0.717, 1.165) is 26.6 Å². The molecule has 0 bridgehead atoms.